The van der Waals surface area contributed by atoms with Gasteiger partial charge >= 0.3 is 5.97 Å². The van der Waals surface area contributed by atoms with Crippen molar-refractivity contribution in [2.75, 3.05) is 19.8 Å². The molecule has 1 aromatic rings. The largest absolute Gasteiger partial charge is 0.465 e. The average molecular weight is 915 g/mol. The summed E-state index contributed by atoms with van der Waals surface area (Å²) >= 11 is 0. The van der Waals surface area contributed by atoms with E-state index in [4.69, 9.17) is 4.74 Å². The van der Waals surface area contributed by atoms with Gasteiger partial charge < -0.3 is 50.8 Å². The number of allylic oxidation sites excluding steroid dienone is 3. The lowest BCUT2D eigenvalue weighted by atomic mass is 9.45. The quantitative estimate of drug-likeness (QED) is 0.107. The van der Waals surface area contributed by atoms with E-state index in [2.05, 4.69) is 35.1 Å². The molecule has 9 N–H and O–H groups in total. The second-order valence-electron chi connectivity index (χ2n) is 23.1. The van der Waals surface area contributed by atoms with Crippen LogP contribution in [0.25, 0.3) is 0 Å². The number of hydrogen-bond acceptors (Lipinski definition) is 12. The van der Waals surface area contributed by atoms with Crippen molar-refractivity contribution in [3.8, 4) is 11.8 Å². The number of esters is 1. The molecule has 13 heteroatoms. The Morgan fingerprint density at radius 1 is 0.985 bits per heavy atom. The first-order valence-electron chi connectivity index (χ1n) is 25.0. The molecule has 362 valence electrons. The summed E-state index contributed by atoms with van der Waals surface area (Å²) in [5.74, 6) is 3.13. The summed E-state index contributed by atoms with van der Waals surface area (Å²) in [7, 11) is 0. The normalized spacial score (nSPS) is 47.3. The number of carbonyl (C=O) groups is 3. The minimum atomic E-state index is -1.81. The number of aliphatic hydroxyl groups is 7. The van der Waals surface area contributed by atoms with Crippen LogP contribution in [-0.4, -0.2) is 114 Å². The van der Waals surface area contributed by atoms with E-state index in [0.29, 0.717) is 30.8 Å². The third-order valence-electron chi connectivity index (χ3n) is 19.6. The Labute approximate surface area is 389 Å². The molecule has 2 heterocycles. The predicted molar refractivity (Wildman–Crippen MR) is 243 cm³/mol. The summed E-state index contributed by atoms with van der Waals surface area (Å²) in [6.07, 6.45) is 8.37. The van der Waals surface area contributed by atoms with E-state index >= 15 is 0 Å². The number of carbonyl (C=O) groups excluding carboxylic acids is 3. The molecule has 0 aromatic carbocycles. The number of ether oxygens (including phenoxy) is 1. The Bertz CT molecular complexity index is 2170. The molecule has 13 nitrogen and oxygen atoms in total. The topological polar surface area (TPSA) is 230 Å². The third kappa shape index (κ3) is 7.50. The fourth-order valence-corrected chi connectivity index (χ4v) is 16.1. The first-order chi connectivity index (χ1) is 31.3. The van der Waals surface area contributed by atoms with E-state index in [9.17, 15) is 50.1 Å². The van der Waals surface area contributed by atoms with E-state index in [1.165, 1.54) is 12.5 Å². The van der Waals surface area contributed by atoms with Crippen LogP contribution in [0.1, 0.15) is 123 Å². The van der Waals surface area contributed by atoms with E-state index in [1.54, 1.807) is 6.92 Å². The number of Topliss-reactive ketones (excluding diaryl/α,β-unsaturated/α-hetero) is 2. The molecule has 20 atom stereocenters. The number of nitrogens with one attached hydrogen (secondary N) is 2. The molecule has 0 spiro atoms. The molecular formula is C53H74N2O11. The van der Waals surface area contributed by atoms with E-state index in [-0.39, 0.29) is 92.5 Å². The highest BCUT2D eigenvalue weighted by Crippen LogP contribution is 2.71. The van der Waals surface area contributed by atoms with E-state index < -0.39 is 94.1 Å². The Kier molecular flexibility index (Phi) is 12.7. The smallest absolute Gasteiger partial charge is 0.313 e. The summed E-state index contributed by atoms with van der Waals surface area (Å²) in [4.78, 5) is 44.6. The van der Waals surface area contributed by atoms with Gasteiger partial charge in [-0.05, 0) is 149 Å². The molecule has 7 aliphatic carbocycles. The van der Waals surface area contributed by atoms with Crippen LogP contribution < -0.4 is 5.32 Å². The summed E-state index contributed by atoms with van der Waals surface area (Å²) < 4.78 is 5.85. The van der Waals surface area contributed by atoms with Gasteiger partial charge in [-0.25, -0.2) is 0 Å². The molecule has 0 amide bonds. The molecule has 0 bridgehead atoms. The Hall–Kier alpha value is -3.35. The van der Waals surface area contributed by atoms with Crippen LogP contribution in [0.5, 0.6) is 0 Å². The van der Waals surface area contributed by atoms with E-state index in [0.717, 1.165) is 31.2 Å². The van der Waals surface area contributed by atoms with Gasteiger partial charge in [0.2, 0.25) is 0 Å². The van der Waals surface area contributed by atoms with Crippen molar-refractivity contribution in [2.45, 2.75) is 153 Å². The summed E-state index contributed by atoms with van der Waals surface area (Å²) in [5, 5.41) is 86.6. The van der Waals surface area contributed by atoms with Crippen LogP contribution in [0, 0.1) is 87.8 Å². The SMILES string of the molecule is CC(=O)C(CO)NC1=C2C(CCC3(C)C4C(CC#CC(C5COC(=O)C5c5cc[nH]c5)CC5C6CC(C)CCC6=CCC5C(CO)CC(O)C4(C)O)CC23O)C2(C)CC(O)C(O)CC2C1=O. The number of rotatable bonds is 7. The third-order valence-corrected chi connectivity index (χ3v) is 19.6. The van der Waals surface area contributed by atoms with Crippen molar-refractivity contribution in [2.24, 2.45) is 75.9 Å². The van der Waals surface area contributed by atoms with Crippen molar-refractivity contribution in [3.05, 3.63) is 46.9 Å². The standard InChI is InChI=1S/C53H74N2O11/c1-27-9-10-29-11-12-34-33(24-56)19-43(61)52(5,64)48-31(8-6-7-30(18-36(34)35(29)17-27)37-26-66-49(63)44(37)32-14-16-54-23-32)21-53(65)45-38(13-15-51(48,53)4)50(3)22-42(60)41(59)20-39(50)47(62)46(45)55-40(25-57)28(2)58/h11,14,16,23,27,30-31,33-44,48,54-57,59-61,64-65H,8-10,12-13,15,17-22,24-26H2,1-5H3. The number of H-pyrrole nitrogens is 1. The van der Waals surface area contributed by atoms with Gasteiger partial charge in [0.25, 0.3) is 0 Å². The van der Waals surface area contributed by atoms with Crippen molar-refractivity contribution < 1.29 is 54.9 Å². The van der Waals surface area contributed by atoms with Crippen LogP contribution in [-0.2, 0) is 19.1 Å². The number of cyclic esters (lactones) is 1. The van der Waals surface area contributed by atoms with Crippen LogP contribution in [0.3, 0.4) is 0 Å². The minimum absolute atomic E-state index is 0.00124. The number of ketones is 2. The van der Waals surface area contributed by atoms with Gasteiger partial charge in [0.05, 0.1) is 54.3 Å². The van der Waals surface area contributed by atoms with Crippen molar-refractivity contribution in [1.29, 1.82) is 0 Å². The molecule has 20 unspecified atom stereocenters. The number of hydrogen-bond donors (Lipinski definition) is 9. The average Bonchev–Trinajstić information content (AvgIpc) is 3.99. The lowest BCUT2D eigenvalue weighted by Crippen LogP contribution is -2.65. The zero-order valence-corrected chi connectivity index (χ0v) is 39.4. The Balaban J connectivity index is 1.19. The van der Waals surface area contributed by atoms with Gasteiger partial charge in [-0.2, -0.15) is 0 Å². The maximum Gasteiger partial charge on any atom is 0.313 e. The predicted octanol–water partition coefficient (Wildman–Crippen LogP) is 4.09. The highest BCUT2D eigenvalue weighted by atomic mass is 16.5. The minimum Gasteiger partial charge on any atom is -0.465 e. The fourth-order valence-electron chi connectivity index (χ4n) is 16.1. The molecule has 9 rings (SSSR count). The lowest BCUT2D eigenvalue weighted by Gasteiger charge is -2.61. The van der Waals surface area contributed by atoms with Gasteiger partial charge in [-0.1, -0.05) is 38.3 Å². The maximum absolute atomic E-state index is 15.0. The highest BCUT2D eigenvalue weighted by Gasteiger charge is 2.73. The summed E-state index contributed by atoms with van der Waals surface area (Å²) in [5.41, 5.74) is -2.89. The van der Waals surface area contributed by atoms with Crippen molar-refractivity contribution in [3.63, 3.8) is 0 Å². The van der Waals surface area contributed by atoms with Gasteiger partial charge in [-0.15, -0.1) is 5.92 Å². The van der Waals surface area contributed by atoms with Gasteiger partial charge in [0.1, 0.15) is 6.04 Å². The lowest BCUT2D eigenvalue weighted by molar-refractivity contribution is -0.184. The van der Waals surface area contributed by atoms with Crippen LogP contribution in [0.2, 0.25) is 0 Å². The first kappa shape index (κ1) is 47.7. The highest BCUT2D eigenvalue weighted by molar-refractivity contribution is 6.00. The van der Waals surface area contributed by atoms with Crippen LogP contribution in [0.15, 0.2) is 41.4 Å². The summed E-state index contributed by atoms with van der Waals surface area (Å²) in [6.45, 7) is 8.57. The first-order valence-corrected chi connectivity index (χ1v) is 25.0. The molecule has 1 aliphatic heterocycles. The van der Waals surface area contributed by atoms with Crippen molar-refractivity contribution in [1.82, 2.24) is 10.3 Å². The molecule has 8 aliphatic rings. The fraction of sp³-hybridized carbons (Fsp3) is 0.755. The Morgan fingerprint density at radius 3 is 2.45 bits per heavy atom. The zero-order chi connectivity index (χ0) is 47.2. The molecule has 1 saturated heterocycles. The van der Waals surface area contributed by atoms with E-state index in [1.807, 2.05) is 32.3 Å². The maximum atomic E-state index is 15.0. The van der Waals surface area contributed by atoms with Crippen LogP contribution >= 0.6 is 0 Å². The molecule has 4 saturated carbocycles. The number of aromatic nitrogens is 1. The zero-order valence-electron chi connectivity index (χ0n) is 39.4. The molecule has 5 fully saturated rings. The second kappa shape index (κ2) is 17.6. The number of aromatic amines is 1. The monoisotopic (exact) mass is 915 g/mol. The van der Waals surface area contributed by atoms with Crippen LogP contribution in [0.4, 0.5) is 0 Å². The van der Waals surface area contributed by atoms with Gasteiger partial charge in [-0.3, -0.25) is 14.4 Å². The van der Waals surface area contributed by atoms with Crippen molar-refractivity contribution >= 4 is 17.5 Å². The molecular weight excluding hydrogens is 841 g/mol. The molecule has 0 radical (unpaired) electrons. The van der Waals surface area contributed by atoms with Gasteiger partial charge in [0, 0.05) is 54.5 Å². The number of aliphatic hydroxyl groups excluding tert-OH is 5. The van der Waals surface area contributed by atoms with Gasteiger partial charge in [0.15, 0.2) is 11.6 Å². The Morgan fingerprint density at radius 2 is 1.76 bits per heavy atom. The number of fused-ring (bicyclic) bond motifs is 10. The summed E-state index contributed by atoms with van der Waals surface area (Å²) in [6, 6.07) is 0.771. The molecule has 1 aromatic heterocycles. The second-order valence-corrected chi connectivity index (χ2v) is 23.1. The molecule has 66 heavy (non-hydrogen) atoms.